The molecule has 224 valence electrons. The summed E-state index contributed by atoms with van der Waals surface area (Å²) in [7, 11) is 1.60. The number of carbonyl (C=O) groups is 2. The molecular weight excluding hydrogens is 547 g/mol. The van der Waals surface area contributed by atoms with Gasteiger partial charge in [0, 0.05) is 24.3 Å². The lowest BCUT2D eigenvalue weighted by molar-refractivity contribution is -0.274. The van der Waals surface area contributed by atoms with E-state index in [9.17, 15) is 22.8 Å². The van der Waals surface area contributed by atoms with Gasteiger partial charge in [0.15, 0.2) is 0 Å². The SMILES string of the molecule is COc1cccc(-c2cccc(C(=O)N[C@@H](CC3CCCCC3)C(=O)NCCNc3ccc(OC(F)(F)F)cc3)c2)c1. The summed E-state index contributed by atoms with van der Waals surface area (Å²) in [6.07, 6.45) is 1.29. The van der Waals surface area contributed by atoms with Gasteiger partial charge >= 0.3 is 6.36 Å². The van der Waals surface area contributed by atoms with Gasteiger partial charge < -0.3 is 25.4 Å². The van der Waals surface area contributed by atoms with Crippen LogP contribution >= 0.6 is 0 Å². The van der Waals surface area contributed by atoms with E-state index in [1.807, 2.05) is 36.4 Å². The Morgan fingerprint density at radius 2 is 1.57 bits per heavy atom. The minimum atomic E-state index is -4.75. The van der Waals surface area contributed by atoms with Gasteiger partial charge in [-0.2, -0.15) is 0 Å². The van der Waals surface area contributed by atoms with E-state index in [0.717, 1.165) is 36.8 Å². The maximum absolute atomic E-state index is 13.3. The first-order valence-corrected chi connectivity index (χ1v) is 14.1. The van der Waals surface area contributed by atoms with Crippen LogP contribution in [-0.4, -0.2) is 44.4 Å². The van der Waals surface area contributed by atoms with Crippen molar-refractivity contribution in [2.45, 2.75) is 50.9 Å². The predicted octanol–water partition coefficient (Wildman–Crippen LogP) is 6.56. The molecule has 0 bridgehead atoms. The molecule has 2 amide bonds. The van der Waals surface area contributed by atoms with Crippen molar-refractivity contribution in [1.82, 2.24) is 10.6 Å². The summed E-state index contributed by atoms with van der Waals surface area (Å²) < 4.78 is 46.3. The summed E-state index contributed by atoms with van der Waals surface area (Å²) in [5, 5.41) is 8.91. The van der Waals surface area contributed by atoms with Crippen LogP contribution in [0.1, 0.15) is 48.9 Å². The molecule has 3 aromatic carbocycles. The van der Waals surface area contributed by atoms with E-state index >= 15 is 0 Å². The molecule has 0 unspecified atom stereocenters. The first-order chi connectivity index (χ1) is 20.2. The number of hydrogen-bond acceptors (Lipinski definition) is 5. The molecule has 1 saturated carbocycles. The van der Waals surface area contributed by atoms with Crippen LogP contribution in [-0.2, 0) is 4.79 Å². The number of anilines is 1. The van der Waals surface area contributed by atoms with Crippen molar-refractivity contribution >= 4 is 17.5 Å². The van der Waals surface area contributed by atoms with Gasteiger partial charge in [0.1, 0.15) is 17.5 Å². The third kappa shape index (κ3) is 9.43. The molecule has 10 heteroatoms. The Morgan fingerprint density at radius 1 is 0.881 bits per heavy atom. The molecule has 1 atom stereocenters. The number of amides is 2. The first kappa shape index (κ1) is 30.7. The fourth-order valence-electron chi connectivity index (χ4n) is 5.16. The Balaban J connectivity index is 1.36. The van der Waals surface area contributed by atoms with Gasteiger partial charge in [-0.15, -0.1) is 13.2 Å². The van der Waals surface area contributed by atoms with Crippen LogP contribution in [0.2, 0.25) is 0 Å². The van der Waals surface area contributed by atoms with Crippen LogP contribution in [0, 0.1) is 5.92 Å². The first-order valence-electron chi connectivity index (χ1n) is 14.1. The Bertz CT molecular complexity index is 1330. The van der Waals surface area contributed by atoms with Crippen molar-refractivity contribution in [2.24, 2.45) is 5.92 Å². The molecule has 1 aliphatic carbocycles. The largest absolute Gasteiger partial charge is 0.573 e. The lowest BCUT2D eigenvalue weighted by Crippen LogP contribution is -2.48. The minimum Gasteiger partial charge on any atom is -0.497 e. The maximum atomic E-state index is 13.3. The molecule has 0 spiro atoms. The summed E-state index contributed by atoms with van der Waals surface area (Å²) >= 11 is 0. The predicted molar refractivity (Wildman–Crippen MR) is 156 cm³/mol. The van der Waals surface area contributed by atoms with Crippen LogP contribution in [0.25, 0.3) is 11.1 Å². The summed E-state index contributed by atoms with van der Waals surface area (Å²) in [5.74, 6) is 0.169. The van der Waals surface area contributed by atoms with Gasteiger partial charge in [-0.3, -0.25) is 9.59 Å². The standard InChI is InChI=1S/C32H36F3N3O4/c1-41-28-12-6-10-24(21-28)23-9-5-11-25(20-23)30(39)38-29(19-22-7-3-2-4-8-22)31(40)37-18-17-36-26-13-15-27(16-14-26)42-32(33,34)35/h5-6,9-16,20-22,29,36H,2-4,7-8,17-19H2,1H3,(H,37,40)(H,38,39)/t29-/m0/s1. The lowest BCUT2D eigenvalue weighted by Gasteiger charge is -2.27. The smallest absolute Gasteiger partial charge is 0.497 e. The summed E-state index contributed by atoms with van der Waals surface area (Å²) in [5.41, 5.74) is 2.81. The highest BCUT2D eigenvalue weighted by molar-refractivity contribution is 5.98. The van der Waals surface area contributed by atoms with Gasteiger partial charge in [0.2, 0.25) is 5.91 Å². The molecule has 0 heterocycles. The molecule has 0 saturated heterocycles. The third-order valence-corrected chi connectivity index (χ3v) is 7.28. The third-order valence-electron chi connectivity index (χ3n) is 7.28. The Hall–Kier alpha value is -4.21. The minimum absolute atomic E-state index is 0.266. The van der Waals surface area contributed by atoms with E-state index in [2.05, 4.69) is 20.7 Å². The van der Waals surface area contributed by atoms with Crippen molar-refractivity contribution < 1.29 is 32.2 Å². The molecule has 7 nitrogen and oxygen atoms in total. The van der Waals surface area contributed by atoms with Crippen molar-refractivity contribution in [3.63, 3.8) is 0 Å². The van der Waals surface area contributed by atoms with Gasteiger partial charge in [-0.05, 0) is 72.0 Å². The number of benzene rings is 3. The van der Waals surface area contributed by atoms with Crippen LogP contribution in [0.5, 0.6) is 11.5 Å². The zero-order valence-corrected chi connectivity index (χ0v) is 23.5. The maximum Gasteiger partial charge on any atom is 0.573 e. The normalized spacial score (nSPS) is 14.5. The van der Waals surface area contributed by atoms with E-state index < -0.39 is 12.4 Å². The Labute approximate surface area is 243 Å². The Morgan fingerprint density at radius 3 is 2.26 bits per heavy atom. The zero-order chi connectivity index (χ0) is 30.0. The average Bonchev–Trinajstić information content (AvgIpc) is 2.99. The fraction of sp³-hybridized carbons (Fsp3) is 0.375. The van der Waals surface area contributed by atoms with Crippen LogP contribution in [0.3, 0.4) is 0 Å². The topological polar surface area (TPSA) is 88.7 Å². The number of carbonyl (C=O) groups excluding carboxylic acids is 2. The van der Waals surface area contributed by atoms with Crippen LogP contribution in [0.15, 0.2) is 72.8 Å². The summed E-state index contributed by atoms with van der Waals surface area (Å²) in [6.45, 7) is 0.611. The van der Waals surface area contributed by atoms with Gasteiger partial charge in [-0.25, -0.2) is 0 Å². The highest BCUT2D eigenvalue weighted by atomic mass is 19.4. The van der Waals surface area contributed by atoms with Gasteiger partial charge in [-0.1, -0.05) is 56.4 Å². The van der Waals surface area contributed by atoms with Crippen LogP contribution < -0.4 is 25.4 Å². The second-order valence-electron chi connectivity index (χ2n) is 10.4. The number of nitrogens with one attached hydrogen (secondary N) is 3. The van der Waals surface area contributed by atoms with Crippen molar-refractivity contribution in [1.29, 1.82) is 0 Å². The second kappa shape index (κ2) is 14.6. The number of methoxy groups -OCH3 is 1. The molecule has 1 fully saturated rings. The lowest BCUT2D eigenvalue weighted by atomic mass is 9.84. The number of halogens is 3. The van der Waals surface area contributed by atoms with Crippen molar-refractivity contribution in [3.05, 3.63) is 78.4 Å². The van der Waals surface area contributed by atoms with E-state index in [-0.39, 0.29) is 24.1 Å². The molecule has 1 aliphatic rings. The molecular formula is C32H36F3N3O4. The summed E-state index contributed by atoms with van der Waals surface area (Å²) in [4.78, 5) is 26.6. The van der Waals surface area contributed by atoms with E-state index in [1.54, 1.807) is 19.2 Å². The number of ether oxygens (including phenoxy) is 2. The average molecular weight is 584 g/mol. The molecule has 0 aliphatic heterocycles. The fourth-order valence-corrected chi connectivity index (χ4v) is 5.16. The van der Waals surface area contributed by atoms with Crippen molar-refractivity contribution in [2.75, 3.05) is 25.5 Å². The molecule has 3 N–H and O–H groups in total. The molecule has 42 heavy (non-hydrogen) atoms. The van der Waals surface area contributed by atoms with Gasteiger partial charge in [0.05, 0.1) is 7.11 Å². The molecule has 0 radical (unpaired) electrons. The van der Waals surface area contributed by atoms with Crippen LogP contribution in [0.4, 0.5) is 18.9 Å². The second-order valence-corrected chi connectivity index (χ2v) is 10.4. The number of hydrogen-bond donors (Lipinski definition) is 3. The molecule has 3 aromatic rings. The summed E-state index contributed by atoms with van der Waals surface area (Å²) in [6, 6.07) is 19.5. The van der Waals surface area contributed by atoms with Gasteiger partial charge in [0.25, 0.3) is 5.91 Å². The Kier molecular flexibility index (Phi) is 10.7. The van der Waals surface area contributed by atoms with E-state index in [1.165, 1.54) is 30.7 Å². The monoisotopic (exact) mass is 583 g/mol. The quantitative estimate of drug-likeness (QED) is 0.210. The highest BCUT2D eigenvalue weighted by Gasteiger charge is 2.31. The number of rotatable bonds is 12. The van der Waals surface area contributed by atoms with Crippen molar-refractivity contribution in [3.8, 4) is 22.6 Å². The zero-order valence-electron chi connectivity index (χ0n) is 23.5. The molecule has 4 rings (SSSR count). The number of alkyl halides is 3. The van der Waals surface area contributed by atoms with E-state index in [0.29, 0.717) is 35.9 Å². The van der Waals surface area contributed by atoms with E-state index in [4.69, 9.17) is 4.74 Å². The highest BCUT2D eigenvalue weighted by Crippen LogP contribution is 2.28. The molecule has 0 aromatic heterocycles.